The number of fused-ring (bicyclic) bond motifs is 1. The number of para-hydroxylation sites is 2. The number of rotatable bonds is 5. The zero-order valence-electron chi connectivity index (χ0n) is 21.0. The number of amides is 1. The van der Waals surface area contributed by atoms with Gasteiger partial charge in [0, 0.05) is 34.9 Å². The molecule has 1 unspecified atom stereocenters. The van der Waals surface area contributed by atoms with Gasteiger partial charge in [0.2, 0.25) is 5.91 Å². The number of ether oxygens (including phenoxy) is 2. The van der Waals surface area contributed by atoms with E-state index in [-0.39, 0.29) is 17.1 Å². The van der Waals surface area contributed by atoms with E-state index in [1.165, 1.54) is 11.3 Å². The molecule has 1 aliphatic heterocycles. The van der Waals surface area contributed by atoms with Crippen LogP contribution in [0.4, 0.5) is 5.13 Å². The third-order valence-electron chi connectivity index (χ3n) is 6.88. The number of aromatic nitrogens is 1. The van der Waals surface area contributed by atoms with Gasteiger partial charge in [0.05, 0.1) is 30.4 Å². The number of Topliss-reactive ketones (excluding diaryl/α,β-unsaturated/α-hetero) is 1. The lowest BCUT2D eigenvalue weighted by molar-refractivity contribution is -0.119. The number of methoxy groups -OCH3 is 2. The molecule has 0 saturated heterocycles. The van der Waals surface area contributed by atoms with Gasteiger partial charge >= 0.3 is 0 Å². The first-order valence-electron chi connectivity index (χ1n) is 11.9. The van der Waals surface area contributed by atoms with Gasteiger partial charge in [0.1, 0.15) is 0 Å². The molecule has 3 aromatic rings. The molecule has 2 aliphatic rings. The number of allylic oxidation sites excluding steroid dienone is 2. The Morgan fingerprint density at radius 2 is 1.86 bits per heavy atom. The summed E-state index contributed by atoms with van der Waals surface area (Å²) in [6.07, 6.45) is 1.07. The number of carbonyl (C=O) groups excluding carboxylic acids is 2. The van der Waals surface area contributed by atoms with Gasteiger partial charge in [-0.05, 0) is 37.0 Å². The van der Waals surface area contributed by atoms with Crippen LogP contribution in [-0.4, -0.2) is 36.6 Å². The predicted molar refractivity (Wildman–Crippen MR) is 142 cm³/mol. The van der Waals surface area contributed by atoms with E-state index in [9.17, 15) is 9.59 Å². The Bertz CT molecular complexity index is 1400. The van der Waals surface area contributed by atoms with Gasteiger partial charge in [-0.15, -0.1) is 0 Å². The number of nitrogens with zero attached hydrogens (tertiary/aromatic N) is 2. The number of nitrogens with one attached hydrogen (secondary N) is 1. The molecule has 36 heavy (non-hydrogen) atoms. The summed E-state index contributed by atoms with van der Waals surface area (Å²) in [6, 6.07) is 13.3. The Labute approximate surface area is 214 Å². The third-order valence-corrected chi connectivity index (χ3v) is 7.83. The van der Waals surface area contributed by atoms with Crippen LogP contribution in [-0.2, 0) is 9.59 Å². The average Bonchev–Trinajstić information content (AvgIpc) is 3.23. The standard InChI is InChI=1S/C28H29N3O4S/c1-15-22(26(33)31-27-30-17-10-6-7-12-21(17)36-27)23(16-9-8-11-20(34-4)25(16)35-5)24-18(29-15)13-28(2,3)14-19(24)32/h6-12,22-23H,13-14H2,1-5H3,(H,30,31,33)/t22?,23-/m0/s1. The lowest BCUT2D eigenvalue weighted by Gasteiger charge is -2.39. The second kappa shape index (κ2) is 9.17. The van der Waals surface area contributed by atoms with Crippen LogP contribution in [0, 0.1) is 11.3 Å². The Hall–Kier alpha value is -3.52. The summed E-state index contributed by atoms with van der Waals surface area (Å²) < 4.78 is 12.3. The van der Waals surface area contributed by atoms with E-state index in [1.807, 2.05) is 49.4 Å². The van der Waals surface area contributed by atoms with Crippen LogP contribution in [0.15, 0.2) is 58.7 Å². The summed E-state index contributed by atoms with van der Waals surface area (Å²) in [5, 5.41) is 3.52. The average molecular weight is 504 g/mol. The molecule has 0 spiro atoms. The summed E-state index contributed by atoms with van der Waals surface area (Å²) >= 11 is 1.42. The number of aliphatic imine (C=N–C) groups is 1. The van der Waals surface area contributed by atoms with E-state index in [0.717, 1.165) is 21.5 Å². The summed E-state index contributed by atoms with van der Waals surface area (Å²) in [7, 11) is 3.15. The molecule has 7 nitrogen and oxygen atoms in total. The van der Waals surface area contributed by atoms with Crippen molar-refractivity contribution in [3.63, 3.8) is 0 Å². The topological polar surface area (TPSA) is 89.9 Å². The number of carbonyl (C=O) groups is 2. The van der Waals surface area contributed by atoms with E-state index in [0.29, 0.717) is 40.8 Å². The van der Waals surface area contributed by atoms with Gasteiger partial charge < -0.3 is 14.8 Å². The van der Waals surface area contributed by atoms with Crippen molar-refractivity contribution in [2.75, 3.05) is 19.5 Å². The number of anilines is 1. The van der Waals surface area contributed by atoms with Crippen LogP contribution in [0.1, 0.15) is 45.1 Å². The van der Waals surface area contributed by atoms with E-state index in [1.54, 1.807) is 14.2 Å². The maximum absolute atomic E-state index is 13.9. The molecule has 0 radical (unpaired) electrons. The van der Waals surface area contributed by atoms with Gasteiger partial charge in [-0.25, -0.2) is 4.98 Å². The molecular weight excluding hydrogens is 474 g/mol. The van der Waals surface area contributed by atoms with Gasteiger partial charge in [-0.3, -0.25) is 14.6 Å². The summed E-state index contributed by atoms with van der Waals surface area (Å²) in [4.78, 5) is 36.9. The maximum atomic E-state index is 13.9. The highest BCUT2D eigenvalue weighted by atomic mass is 32.1. The molecule has 2 aromatic carbocycles. The third kappa shape index (κ3) is 4.19. The SMILES string of the molecule is COc1cccc([C@@H]2C3=C(CC(C)(C)CC3=O)N=C(C)C2C(=O)Nc2nc3ccccc3s2)c1OC. The van der Waals surface area contributed by atoms with Crippen LogP contribution in [0.2, 0.25) is 0 Å². The monoisotopic (exact) mass is 503 g/mol. The molecule has 2 atom stereocenters. The summed E-state index contributed by atoms with van der Waals surface area (Å²) in [6.45, 7) is 6.01. The molecule has 1 aromatic heterocycles. The Balaban J connectivity index is 1.63. The molecule has 0 bridgehead atoms. The fourth-order valence-corrected chi connectivity index (χ4v) is 6.26. The minimum atomic E-state index is -0.707. The minimum Gasteiger partial charge on any atom is -0.493 e. The van der Waals surface area contributed by atoms with Crippen molar-refractivity contribution >= 4 is 44.1 Å². The fourth-order valence-electron chi connectivity index (χ4n) is 5.39. The number of ketones is 1. The highest BCUT2D eigenvalue weighted by Gasteiger charge is 2.46. The fraction of sp³-hybridized carbons (Fsp3) is 0.357. The normalized spacial score (nSPS) is 21.1. The first kappa shape index (κ1) is 24.2. The Morgan fingerprint density at radius 1 is 1.08 bits per heavy atom. The van der Waals surface area contributed by atoms with E-state index < -0.39 is 11.8 Å². The van der Waals surface area contributed by atoms with Crippen LogP contribution < -0.4 is 14.8 Å². The van der Waals surface area contributed by atoms with E-state index >= 15 is 0 Å². The second-order valence-electron chi connectivity index (χ2n) is 10.1. The van der Waals surface area contributed by atoms with Crippen LogP contribution in [0.25, 0.3) is 10.2 Å². The molecule has 0 saturated carbocycles. The van der Waals surface area contributed by atoms with Gasteiger partial charge in [0.15, 0.2) is 22.4 Å². The van der Waals surface area contributed by atoms with Crippen molar-refractivity contribution in [3.05, 3.63) is 59.3 Å². The number of hydrogen-bond donors (Lipinski definition) is 1. The van der Waals surface area contributed by atoms with E-state index in [4.69, 9.17) is 14.5 Å². The van der Waals surface area contributed by atoms with Crippen LogP contribution >= 0.6 is 11.3 Å². The van der Waals surface area contributed by atoms with Crippen LogP contribution in [0.5, 0.6) is 11.5 Å². The molecule has 1 N–H and O–H groups in total. The highest BCUT2D eigenvalue weighted by molar-refractivity contribution is 7.22. The molecule has 0 fully saturated rings. The Morgan fingerprint density at radius 3 is 2.58 bits per heavy atom. The Kier molecular flexibility index (Phi) is 6.16. The summed E-state index contributed by atoms with van der Waals surface area (Å²) in [5.74, 6) is -0.435. The van der Waals surface area contributed by atoms with Crippen molar-refractivity contribution < 1.29 is 19.1 Å². The first-order valence-corrected chi connectivity index (χ1v) is 12.7. The largest absolute Gasteiger partial charge is 0.493 e. The zero-order chi connectivity index (χ0) is 25.6. The molecule has 186 valence electrons. The van der Waals surface area contributed by atoms with Crippen molar-refractivity contribution in [1.29, 1.82) is 0 Å². The maximum Gasteiger partial charge on any atom is 0.235 e. The van der Waals surface area contributed by atoms with Gasteiger partial charge in [0.25, 0.3) is 0 Å². The lowest BCUT2D eigenvalue weighted by atomic mass is 9.66. The quantitative estimate of drug-likeness (QED) is 0.477. The molecule has 2 heterocycles. The van der Waals surface area contributed by atoms with Crippen molar-refractivity contribution in [2.45, 2.75) is 39.5 Å². The summed E-state index contributed by atoms with van der Waals surface area (Å²) in [5.41, 5.74) is 3.37. The van der Waals surface area contributed by atoms with E-state index in [2.05, 4.69) is 24.1 Å². The second-order valence-corrected chi connectivity index (χ2v) is 11.1. The molecular formula is C28H29N3O4S. The number of thiazole rings is 1. The van der Waals surface area contributed by atoms with Gasteiger partial charge in [-0.1, -0.05) is 49.4 Å². The number of hydrogen-bond acceptors (Lipinski definition) is 7. The zero-order valence-corrected chi connectivity index (χ0v) is 21.9. The first-order chi connectivity index (χ1) is 17.2. The minimum absolute atomic E-state index is 0.0187. The molecule has 1 amide bonds. The van der Waals surface area contributed by atoms with Gasteiger partial charge in [-0.2, -0.15) is 0 Å². The highest BCUT2D eigenvalue weighted by Crippen LogP contribution is 2.51. The van der Waals surface area contributed by atoms with Crippen molar-refractivity contribution in [1.82, 2.24) is 4.98 Å². The molecule has 1 aliphatic carbocycles. The molecule has 8 heteroatoms. The van der Waals surface area contributed by atoms with Crippen molar-refractivity contribution in [2.24, 2.45) is 16.3 Å². The smallest absolute Gasteiger partial charge is 0.235 e. The van der Waals surface area contributed by atoms with Crippen LogP contribution in [0.3, 0.4) is 0 Å². The number of benzene rings is 2. The molecule has 5 rings (SSSR count). The van der Waals surface area contributed by atoms with Crippen molar-refractivity contribution in [3.8, 4) is 11.5 Å². The predicted octanol–water partition coefficient (Wildman–Crippen LogP) is 5.77. The lowest BCUT2D eigenvalue weighted by Crippen LogP contribution is -2.41.